The van der Waals surface area contributed by atoms with E-state index in [1.165, 1.54) is 25.7 Å². The molecular weight excluding hydrogens is 174 g/mol. The van der Waals surface area contributed by atoms with Crippen LogP contribution in [0.15, 0.2) is 0 Å². The third kappa shape index (κ3) is 4.97. The number of nitrogens with two attached hydrogens (primary N) is 1. The van der Waals surface area contributed by atoms with Crippen LogP contribution in [0.25, 0.3) is 0 Å². The monoisotopic (exact) mass is 199 g/mol. The molecule has 2 heteroatoms. The van der Waals surface area contributed by atoms with Crippen molar-refractivity contribution in [3.63, 3.8) is 0 Å². The fraction of sp³-hybridized carbons (Fsp3) is 1.00. The molecule has 1 fully saturated rings. The average molecular weight is 199 g/mol. The van der Waals surface area contributed by atoms with Gasteiger partial charge in [0.05, 0.1) is 0 Å². The first-order valence-electron chi connectivity index (χ1n) is 6.16. The summed E-state index contributed by atoms with van der Waals surface area (Å²) in [6.45, 7) is 4.04. The molecule has 2 nitrogen and oxygen atoms in total. The van der Waals surface area contributed by atoms with Crippen molar-refractivity contribution >= 4 is 0 Å². The summed E-state index contributed by atoms with van der Waals surface area (Å²) in [7, 11) is 0. The van der Waals surface area contributed by atoms with Crippen LogP contribution in [0.3, 0.4) is 0 Å². The number of hydrogen-bond acceptors (Lipinski definition) is 2. The molecule has 0 aliphatic heterocycles. The minimum Gasteiger partial charge on any atom is -0.381 e. The quantitative estimate of drug-likeness (QED) is 0.640. The van der Waals surface area contributed by atoms with Gasteiger partial charge < -0.3 is 10.5 Å². The van der Waals surface area contributed by atoms with Crippen molar-refractivity contribution in [2.24, 2.45) is 11.7 Å². The standard InChI is InChI=1S/C12H25NO/c1-2-12(13)8-5-9-14-10-11-6-3-4-7-11/h11-12H,2-10,13H2,1H3. The van der Waals surface area contributed by atoms with Gasteiger partial charge in [0.2, 0.25) is 0 Å². The van der Waals surface area contributed by atoms with Crippen molar-refractivity contribution in [1.82, 2.24) is 0 Å². The second-order valence-electron chi connectivity index (χ2n) is 4.54. The molecule has 2 N–H and O–H groups in total. The Morgan fingerprint density at radius 1 is 1.36 bits per heavy atom. The van der Waals surface area contributed by atoms with E-state index < -0.39 is 0 Å². The van der Waals surface area contributed by atoms with E-state index in [2.05, 4.69) is 6.92 Å². The van der Waals surface area contributed by atoms with Gasteiger partial charge in [0.15, 0.2) is 0 Å². The van der Waals surface area contributed by atoms with Gasteiger partial charge >= 0.3 is 0 Å². The predicted octanol–water partition coefficient (Wildman–Crippen LogP) is 2.71. The molecule has 1 aliphatic carbocycles. The topological polar surface area (TPSA) is 35.2 Å². The predicted molar refractivity (Wildman–Crippen MR) is 60.3 cm³/mol. The Labute approximate surface area is 88.2 Å². The third-order valence-electron chi connectivity index (χ3n) is 3.22. The summed E-state index contributed by atoms with van der Waals surface area (Å²) in [5, 5.41) is 0. The summed E-state index contributed by atoms with van der Waals surface area (Å²) in [5.74, 6) is 0.856. The maximum atomic E-state index is 5.82. The van der Waals surface area contributed by atoms with E-state index in [0.29, 0.717) is 6.04 Å². The third-order valence-corrected chi connectivity index (χ3v) is 3.22. The summed E-state index contributed by atoms with van der Waals surface area (Å²) in [4.78, 5) is 0. The van der Waals surface area contributed by atoms with Crippen molar-refractivity contribution < 1.29 is 4.74 Å². The van der Waals surface area contributed by atoms with Crippen LogP contribution < -0.4 is 5.73 Å². The number of hydrogen-bond donors (Lipinski definition) is 1. The van der Waals surface area contributed by atoms with Gasteiger partial charge in [0.25, 0.3) is 0 Å². The Kier molecular flexibility index (Phi) is 6.20. The molecule has 0 spiro atoms. The molecule has 1 saturated carbocycles. The first kappa shape index (κ1) is 12.0. The number of rotatable bonds is 7. The lowest BCUT2D eigenvalue weighted by Crippen LogP contribution is -2.19. The highest BCUT2D eigenvalue weighted by Gasteiger charge is 2.14. The first-order valence-corrected chi connectivity index (χ1v) is 6.16. The van der Waals surface area contributed by atoms with Crippen molar-refractivity contribution in [2.45, 2.75) is 57.9 Å². The van der Waals surface area contributed by atoms with E-state index in [9.17, 15) is 0 Å². The lowest BCUT2D eigenvalue weighted by Gasteiger charge is -2.11. The second-order valence-corrected chi connectivity index (χ2v) is 4.54. The lowest BCUT2D eigenvalue weighted by atomic mass is 10.1. The highest BCUT2D eigenvalue weighted by Crippen LogP contribution is 2.24. The first-order chi connectivity index (χ1) is 6.83. The van der Waals surface area contributed by atoms with Gasteiger partial charge in [-0.05, 0) is 38.0 Å². The molecule has 1 aliphatic rings. The van der Waals surface area contributed by atoms with E-state index in [4.69, 9.17) is 10.5 Å². The minimum atomic E-state index is 0.380. The van der Waals surface area contributed by atoms with Gasteiger partial charge in [0.1, 0.15) is 0 Å². The molecule has 1 unspecified atom stereocenters. The summed E-state index contributed by atoms with van der Waals surface area (Å²) >= 11 is 0. The maximum Gasteiger partial charge on any atom is 0.0494 e. The average Bonchev–Trinajstić information content (AvgIpc) is 2.69. The van der Waals surface area contributed by atoms with Crippen molar-refractivity contribution in [1.29, 1.82) is 0 Å². The lowest BCUT2D eigenvalue weighted by molar-refractivity contribution is 0.0971. The molecule has 0 bridgehead atoms. The maximum absolute atomic E-state index is 5.82. The zero-order valence-electron chi connectivity index (χ0n) is 9.50. The van der Waals surface area contributed by atoms with Gasteiger partial charge in [0, 0.05) is 19.3 Å². The fourth-order valence-electron chi connectivity index (χ4n) is 2.08. The molecule has 0 saturated heterocycles. The van der Waals surface area contributed by atoms with Crippen molar-refractivity contribution in [3.8, 4) is 0 Å². The van der Waals surface area contributed by atoms with Crippen LogP contribution in [-0.4, -0.2) is 19.3 Å². The minimum absolute atomic E-state index is 0.380. The van der Waals surface area contributed by atoms with E-state index in [-0.39, 0.29) is 0 Å². The van der Waals surface area contributed by atoms with Crippen LogP contribution in [-0.2, 0) is 4.74 Å². The molecule has 0 aromatic rings. The van der Waals surface area contributed by atoms with Gasteiger partial charge in [-0.2, -0.15) is 0 Å². The molecule has 0 amide bonds. The summed E-state index contributed by atoms with van der Waals surface area (Å²) in [6.07, 6.45) is 8.91. The van der Waals surface area contributed by atoms with Crippen LogP contribution in [0, 0.1) is 5.92 Å². The smallest absolute Gasteiger partial charge is 0.0494 e. The molecule has 1 atom stereocenters. The Bertz CT molecular complexity index is 132. The van der Waals surface area contributed by atoms with Crippen LogP contribution >= 0.6 is 0 Å². The summed E-state index contributed by atoms with van der Waals surface area (Å²) in [5.41, 5.74) is 5.82. The van der Waals surface area contributed by atoms with E-state index in [1.807, 2.05) is 0 Å². The SMILES string of the molecule is CCC(N)CCCOCC1CCCC1. The molecule has 84 valence electrons. The Hall–Kier alpha value is -0.0800. The highest BCUT2D eigenvalue weighted by molar-refractivity contribution is 4.66. The highest BCUT2D eigenvalue weighted by atomic mass is 16.5. The molecule has 0 aromatic heterocycles. The zero-order valence-corrected chi connectivity index (χ0v) is 9.50. The van der Waals surface area contributed by atoms with Crippen LogP contribution in [0.1, 0.15) is 51.9 Å². The van der Waals surface area contributed by atoms with Crippen LogP contribution in [0.5, 0.6) is 0 Å². The summed E-state index contributed by atoms with van der Waals surface area (Å²) < 4.78 is 5.66. The van der Waals surface area contributed by atoms with Gasteiger partial charge in [-0.1, -0.05) is 19.8 Å². The van der Waals surface area contributed by atoms with E-state index in [1.54, 1.807) is 0 Å². The molecule has 1 rings (SSSR count). The van der Waals surface area contributed by atoms with Crippen molar-refractivity contribution in [3.05, 3.63) is 0 Å². The Balaban J connectivity index is 1.84. The van der Waals surface area contributed by atoms with Gasteiger partial charge in [-0.25, -0.2) is 0 Å². The van der Waals surface area contributed by atoms with Gasteiger partial charge in [-0.3, -0.25) is 0 Å². The molecule has 0 radical (unpaired) electrons. The molecular formula is C12H25NO. The largest absolute Gasteiger partial charge is 0.381 e. The normalized spacial score (nSPS) is 20.1. The van der Waals surface area contributed by atoms with Crippen molar-refractivity contribution in [2.75, 3.05) is 13.2 Å². The molecule has 0 heterocycles. The van der Waals surface area contributed by atoms with E-state index >= 15 is 0 Å². The fourth-order valence-corrected chi connectivity index (χ4v) is 2.08. The molecule has 0 aromatic carbocycles. The number of ether oxygens (including phenoxy) is 1. The van der Waals surface area contributed by atoms with E-state index in [0.717, 1.165) is 38.4 Å². The second kappa shape index (κ2) is 7.24. The Morgan fingerprint density at radius 2 is 2.07 bits per heavy atom. The zero-order chi connectivity index (χ0) is 10.2. The van der Waals surface area contributed by atoms with Crippen LogP contribution in [0.2, 0.25) is 0 Å². The Morgan fingerprint density at radius 3 is 2.71 bits per heavy atom. The van der Waals surface area contributed by atoms with Gasteiger partial charge in [-0.15, -0.1) is 0 Å². The molecule has 14 heavy (non-hydrogen) atoms. The van der Waals surface area contributed by atoms with Crippen LogP contribution in [0.4, 0.5) is 0 Å². The summed E-state index contributed by atoms with van der Waals surface area (Å²) in [6, 6.07) is 0.380.